The number of nitrogen functional groups attached to an aromatic ring is 1. The van der Waals surface area contributed by atoms with Gasteiger partial charge in [-0.1, -0.05) is 12.1 Å². The van der Waals surface area contributed by atoms with Crippen LogP contribution in [-0.4, -0.2) is 34.8 Å². The summed E-state index contributed by atoms with van der Waals surface area (Å²) >= 11 is 3.47. The van der Waals surface area contributed by atoms with Gasteiger partial charge >= 0.3 is 0 Å². The lowest BCUT2D eigenvalue weighted by Gasteiger charge is -2.23. The van der Waals surface area contributed by atoms with Crippen LogP contribution in [0, 0.1) is 0 Å². The molecule has 6 nitrogen and oxygen atoms in total. The van der Waals surface area contributed by atoms with E-state index >= 15 is 0 Å². The number of nitrogens with one attached hydrogen (secondary N) is 1. The number of nitrogens with zero attached hydrogens (tertiary/aromatic N) is 3. The van der Waals surface area contributed by atoms with E-state index in [1.54, 1.807) is 0 Å². The van der Waals surface area contributed by atoms with Crippen molar-refractivity contribution in [2.24, 2.45) is 0 Å². The van der Waals surface area contributed by atoms with Crippen molar-refractivity contribution < 1.29 is 5.11 Å². The molecule has 0 aliphatic carbocycles. The van der Waals surface area contributed by atoms with Gasteiger partial charge in [-0.05, 0) is 35.0 Å². The van der Waals surface area contributed by atoms with Gasteiger partial charge in [-0.3, -0.25) is 0 Å². The van der Waals surface area contributed by atoms with Gasteiger partial charge in [0.2, 0.25) is 0 Å². The largest absolute Gasteiger partial charge is 0.395 e. The molecule has 2 rings (SSSR count). The lowest BCUT2D eigenvalue weighted by atomic mass is 10.3. The predicted octanol–water partition coefficient (Wildman–Crippen LogP) is 2.38. The Balaban J connectivity index is 2.31. The molecule has 1 aromatic heterocycles. The molecule has 21 heavy (non-hydrogen) atoms. The number of para-hydroxylation sites is 1. The number of aliphatic hydroxyl groups excluding tert-OH is 1. The van der Waals surface area contributed by atoms with Crippen LogP contribution >= 0.6 is 15.9 Å². The third-order valence-electron chi connectivity index (χ3n) is 3.04. The average Bonchev–Trinajstić information content (AvgIpc) is 2.49. The Morgan fingerprint density at radius 1 is 1.33 bits per heavy atom. The van der Waals surface area contributed by atoms with Gasteiger partial charge in [-0.15, -0.1) is 0 Å². The van der Waals surface area contributed by atoms with Crippen LogP contribution < -0.4 is 16.0 Å². The van der Waals surface area contributed by atoms with Crippen molar-refractivity contribution in [2.45, 2.75) is 6.92 Å². The predicted molar refractivity (Wildman–Crippen MR) is 88.8 cm³/mol. The van der Waals surface area contributed by atoms with Crippen LogP contribution in [0.1, 0.15) is 6.92 Å². The normalized spacial score (nSPS) is 10.4. The van der Waals surface area contributed by atoms with E-state index in [4.69, 9.17) is 10.8 Å². The Hall–Kier alpha value is -1.86. The Bertz CT molecular complexity index is 608. The van der Waals surface area contributed by atoms with E-state index in [9.17, 15) is 0 Å². The van der Waals surface area contributed by atoms with Crippen LogP contribution in [-0.2, 0) is 0 Å². The Kier molecular flexibility index (Phi) is 5.35. The van der Waals surface area contributed by atoms with Gasteiger partial charge in [0, 0.05) is 17.6 Å². The molecule has 4 N–H and O–H groups in total. The zero-order valence-corrected chi connectivity index (χ0v) is 13.3. The second-order valence-electron chi connectivity index (χ2n) is 4.37. The number of rotatable bonds is 6. The molecule has 0 spiro atoms. The van der Waals surface area contributed by atoms with E-state index in [2.05, 4.69) is 31.2 Å². The average molecular weight is 352 g/mol. The number of anilines is 4. The molecule has 0 amide bonds. The highest BCUT2D eigenvalue weighted by Gasteiger charge is 2.14. The molecule has 0 radical (unpaired) electrons. The fourth-order valence-corrected chi connectivity index (χ4v) is 2.35. The van der Waals surface area contributed by atoms with Gasteiger partial charge < -0.3 is 21.1 Å². The minimum Gasteiger partial charge on any atom is -0.395 e. The third kappa shape index (κ3) is 3.62. The van der Waals surface area contributed by atoms with Gasteiger partial charge in [-0.25, -0.2) is 9.97 Å². The number of hydrogen-bond acceptors (Lipinski definition) is 6. The first-order chi connectivity index (χ1) is 10.2. The van der Waals surface area contributed by atoms with Gasteiger partial charge in [-0.2, -0.15) is 0 Å². The molecule has 0 aliphatic heterocycles. The number of aromatic nitrogens is 2. The zero-order chi connectivity index (χ0) is 15.2. The molecule has 0 saturated carbocycles. The fourth-order valence-electron chi connectivity index (χ4n) is 1.96. The number of halogens is 1. The first-order valence-electron chi connectivity index (χ1n) is 6.65. The van der Waals surface area contributed by atoms with Crippen LogP contribution in [0.3, 0.4) is 0 Å². The van der Waals surface area contributed by atoms with Crippen molar-refractivity contribution in [1.29, 1.82) is 0 Å². The highest BCUT2D eigenvalue weighted by atomic mass is 79.9. The van der Waals surface area contributed by atoms with Crippen molar-refractivity contribution in [3.05, 3.63) is 35.1 Å². The molecule has 2 aromatic rings. The fraction of sp³-hybridized carbons (Fsp3) is 0.286. The van der Waals surface area contributed by atoms with Crippen LogP contribution in [0.2, 0.25) is 0 Å². The summed E-state index contributed by atoms with van der Waals surface area (Å²) in [5.41, 5.74) is 7.50. The van der Waals surface area contributed by atoms with E-state index in [1.165, 1.54) is 6.33 Å². The van der Waals surface area contributed by atoms with Gasteiger partial charge in [0.05, 0.1) is 12.3 Å². The highest BCUT2D eigenvalue weighted by Crippen LogP contribution is 2.30. The second kappa shape index (κ2) is 7.24. The summed E-state index contributed by atoms with van der Waals surface area (Å²) in [5, 5.41) is 12.3. The second-order valence-corrected chi connectivity index (χ2v) is 5.22. The molecule has 0 aliphatic rings. The summed E-state index contributed by atoms with van der Waals surface area (Å²) in [5.74, 6) is 1.17. The summed E-state index contributed by atoms with van der Waals surface area (Å²) in [7, 11) is 0. The number of hydrogen-bond donors (Lipinski definition) is 3. The molecule has 0 atom stereocenters. The number of aliphatic hydroxyl groups is 1. The van der Waals surface area contributed by atoms with Gasteiger partial charge in [0.1, 0.15) is 12.0 Å². The third-order valence-corrected chi connectivity index (χ3v) is 3.73. The van der Waals surface area contributed by atoms with Gasteiger partial charge in [0.25, 0.3) is 0 Å². The Labute approximate surface area is 132 Å². The SMILES string of the molecule is CCN(CCO)c1ncnc(Nc2ccccc2Br)c1N. The Morgan fingerprint density at radius 3 is 2.76 bits per heavy atom. The molecule has 0 saturated heterocycles. The molecule has 1 aromatic carbocycles. The maximum Gasteiger partial charge on any atom is 0.159 e. The molecule has 0 bridgehead atoms. The van der Waals surface area contributed by atoms with Crippen LogP contribution in [0.25, 0.3) is 0 Å². The first kappa shape index (κ1) is 15.5. The molecular formula is C14H18BrN5O. The van der Waals surface area contributed by atoms with Crippen molar-refractivity contribution in [3.63, 3.8) is 0 Å². The molecule has 1 heterocycles. The summed E-state index contributed by atoms with van der Waals surface area (Å²) in [4.78, 5) is 10.3. The van der Waals surface area contributed by atoms with E-state index in [0.29, 0.717) is 30.4 Å². The van der Waals surface area contributed by atoms with Crippen LogP contribution in [0.5, 0.6) is 0 Å². The monoisotopic (exact) mass is 351 g/mol. The Morgan fingerprint density at radius 2 is 2.10 bits per heavy atom. The van der Waals surface area contributed by atoms with Crippen LogP contribution in [0.4, 0.5) is 23.0 Å². The standard InChI is InChI=1S/C14H18BrN5O/c1-2-20(7-8-21)14-12(16)13(17-9-18-14)19-11-6-4-3-5-10(11)15/h3-6,9,21H,2,7-8,16H2,1H3,(H,17,18,19). The van der Waals surface area contributed by atoms with Crippen molar-refractivity contribution in [3.8, 4) is 0 Å². The minimum absolute atomic E-state index is 0.0459. The number of nitrogens with two attached hydrogens (primary N) is 1. The topological polar surface area (TPSA) is 87.3 Å². The lowest BCUT2D eigenvalue weighted by molar-refractivity contribution is 0.302. The van der Waals surface area contributed by atoms with Crippen LogP contribution in [0.15, 0.2) is 35.1 Å². The van der Waals surface area contributed by atoms with Gasteiger partial charge in [0.15, 0.2) is 11.6 Å². The van der Waals surface area contributed by atoms with Crippen molar-refractivity contribution in [2.75, 3.05) is 35.6 Å². The molecular weight excluding hydrogens is 334 g/mol. The van der Waals surface area contributed by atoms with Crippen molar-refractivity contribution >= 4 is 38.9 Å². The summed E-state index contributed by atoms with van der Waals surface area (Å²) < 4.78 is 0.923. The molecule has 0 unspecified atom stereocenters. The molecule has 0 fully saturated rings. The quantitative estimate of drug-likeness (QED) is 0.740. The lowest BCUT2D eigenvalue weighted by Crippen LogP contribution is -2.28. The minimum atomic E-state index is 0.0459. The summed E-state index contributed by atoms with van der Waals surface area (Å²) in [6.07, 6.45) is 1.46. The van der Waals surface area contributed by atoms with E-state index < -0.39 is 0 Å². The summed E-state index contributed by atoms with van der Waals surface area (Å²) in [6.45, 7) is 3.21. The molecule has 7 heteroatoms. The smallest absolute Gasteiger partial charge is 0.159 e. The first-order valence-corrected chi connectivity index (χ1v) is 7.44. The zero-order valence-electron chi connectivity index (χ0n) is 11.8. The maximum absolute atomic E-state index is 9.11. The van der Waals surface area contributed by atoms with E-state index in [1.807, 2.05) is 36.1 Å². The van der Waals surface area contributed by atoms with Crippen molar-refractivity contribution in [1.82, 2.24) is 9.97 Å². The number of benzene rings is 1. The number of likely N-dealkylation sites (N-methyl/N-ethyl adjacent to an activating group) is 1. The highest BCUT2D eigenvalue weighted by molar-refractivity contribution is 9.10. The maximum atomic E-state index is 9.11. The van der Waals surface area contributed by atoms with E-state index in [-0.39, 0.29) is 6.61 Å². The summed E-state index contributed by atoms with van der Waals surface area (Å²) in [6, 6.07) is 7.72. The molecule has 112 valence electrons. The van der Waals surface area contributed by atoms with E-state index in [0.717, 1.165) is 10.2 Å².